The second-order valence-corrected chi connectivity index (χ2v) is 10.9. The van der Waals surface area contributed by atoms with E-state index in [9.17, 15) is 9.59 Å². The van der Waals surface area contributed by atoms with E-state index < -0.39 is 5.92 Å². The van der Waals surface area contributed by atoms with Gasteiger partial charge in [0.05, 0.1) is 12.0 Å². The highest BCUT2D eigenvalue weighted by Crippen LogP contribution is 2.44. The van der Waals surface area contributed by atoms with Crippen LogP contribution in [0.5, 0.6) is 0 Å². The molecule has 0 aliphatic carbocycles. The van der Waals surface area contributed by atoms with E-state index in [1.54, 1.807) is 11.3 Å². The van der Waals surface area contributed by atoms with Gasteiger partial charge in [-0.05, 0) is 47.5 Å². The highest BCUT2D eigenvalue weighted by molar-refractivity contribution is 7.10. The Bertz CT molecular complexity index is 1130. The minimum Gasteiger partial charge on any atom is -0.355 e. The van der Waals surface area contributed by atoms with Crippen LogP contribution in [0, 0.1) is 5.92 Å². The molecule has 5 nitrogen and oxygen atoms in total. The zero-order valence-electron chi connectivity index (χ0n) is 21.5. The summed E-state index contributed by atoms with van der Waals surface area (Å²) in [4.78, 5) is 32.7. The quantitative estimate of drug-likeness (QED) is 0.341. The first kappa shape index (κ1) is 26.1. The van der Waals surface area contributed by atoms with Crippen LogP contribution in [0.25, 0.3) is 0 Å². The van der Waals surface area contributed by atoms with Gasteiger partial charge in [0.15, 0.2) is 0 Å². The van der Waals surface area contributed by atoms with E-state index in [2.05, 4.69) is 55.3 Å². The van der Waals surface area contributed by atoms with Crippen molar-refractivity contribution in [2.45, 2.75) is 45.7 Å². The third-order valence-corrected chi connectivity index (χ3v) is 7.71. The second-order valence-electron chi connectivity index (χ2n) is 9.88. The molecule has 0 unspecified atom stereocenters. The van der Waals surface area contributed by atoms with Gasteiger partial charge in [-0.25, -0.2) is 0 Å². The third kappa shape index (κ3) is 6.05. The summed E-state index contributed by atoms with van der Waals surface area (Å²) in [5.74, 6) is -0.118. The highest BCUT2D eigenvalue weighted by Gasteiger charge is 2.44. The zero-order chi connectivity index (χ0) is 25.5. The molecule has 190 valence electrons. The van der Waals surface area contributed by atoms with Crippen molar-refractivity contribution >= 4 is 23.2 Å². The summed E-state index contributed by atoms with van der Waals surface area (Å²) in [7, 11) is 0. The van der Waals surface area contributed by atoms with E-state index in [1.807, 2.05) is 52.7 Å². The Morgan fingerprint density at radius 3 is 2.50 bits per heavy atom. The van der Waals surface area contributed by atoms with Gasteiger partial charge in [0.2, 0.25) is 5.91 Å². The topological polar surface area (TPSA) is 52.7 Å². The highest BCUT2D eigenvalue weighted by atomic mass is 32.1. The van der Waals surface area contributed by atoms with Crippen molar-refractivity contribution in [1.82, 2.24) is 15.1 Å². The molecule has 36 heavy (non-hydrogen) atoms. The smallest absolute Gasteiger partial charge is 0.254 e. The largest absolute Gasteiger partial charge is 0.355 e. The Labute approximate surface area is 219 Å². The predicted octanol–water partition coefficient (Wildman–Crippen LogP) is 5.71. The molecule has 0 saturated heterocycles. The zero-order valence-corrected chi connectivity index (χ0v) is 22.3. The summed E-state index contributed by atoms with van der Waals surface area (Å²) in [5.41, 5.74) is 2.78. The van der Waals surface area contributed by atoms with Gasteiger partial charge in [0.1, 0.15) is 0 Å². The monoisotopic (exact) mass is 503 g/mol. The van der Waals surface area contributed by atoms with E-state index in [1.165, 1.54) is 5.56 Å². The van der Waals surface area contributed by atoms with Crippen LogP contribution in [0.15, 0.2) is 72.1 Å². The fourth-order valence-corrected chi connectivity index (χ4v) is 5.93. The average molecular weight is 504 g/mol. The molecule has 0 radical (unpaired) electrons. The lowest BCUT2D eigenvalue weighted by Crippen LogP contribution is -2.48. The molecular formula is C30H37N3O2S. The maximum absolute atomic E-state index is 13.8. The number of hydrogen-bond donors (Lipinski definition) is 1. The number of amides is 2. The van der Waals surface area contributed by atoms with E-state index >= 15 is 0 Å². The van der Waals surface area contributed by atoms with E-state index in [0.29, 0.717) is 24.6 Å². The number of carbonyl (C=O) groups excluding carboxylic acids is 2. The first-order chi connectivity index (χ1) is 17.5. The van der Waals surface area contributed by atoms with Crippen LogP contribution in [0.1, 0.15) is 65.5 Å². The number of nitrogens with one attached hydrogen (secondary N) is 1. The van der Waals surface area contributed by atoms with Crippen LogP contribution < -0.4 is 5.32 Å². The number of thiophene rings is 1. The number of nitrogens with zero attached hydrogens (tertiary/aromatic N) is 2. The van der Waals surface area contributed by atoms with Gasteiger partial charge in [0, 0.05) is 36.6 Å². The van der Waals surface area contributed by atoms with Crippen LogP contribution in [0.3, 0.4) is 0 Å². The van der Waals surface area contributed by atoms with Gasteiger partial charge in [-0.1, -0.05) is 75.4 Å². The minimum atomic E-state index is -0.428. The van der Waals surface area contributed by atoms with Crippen LogP contribution in [0.2, 0.25) is 0 Å². The molecule has 0 fully saturated rings. The van der Waals surface area contributed by atoms with Crippen molar-refractivity contribution in [3.8, 4) is 0 Å². The molecule has 0 spiro atoms. The molecule has 2 aromatic carbocycles. The first-order valence-electron chi connectivity index (χ1n) is 13.0. The minimum absolute atomic E-state index is 0.00628. The maximum Gasteiger partial charge on any atom is 0.254 e. The van der Waals surface area contributed by atoms with Crippen LogP contribution in [0.4, 0.5) is 0 Å². The third-order valence-electron chi connectivity index (χ3n) is 6.76. The Kier molecular flexibility index (Phi) is 8.94. The summed E-state index contributed by atoms with van der Waals surface area (Å²) >= 11 is 1.61. The molecule has 0 bridgehead atoms. The Morgan fingerprint density at radius 2 is 1.81 bits per heavy atom. The van der Waals surface area contributed by atoms with Gasteiger partial charge in [-0.15, -0.1) is 11.3 Å². The van der Waals surface area contributed by atoms with Gasteiger partial charge >= 0.3 is 0 Å². The average Bonchev–Trinajstić information content (AvgIpc) is 3.42. The fourth-order valence-electron chi connectivity index (χ4n) is 5.06. The van der Waals surface area contributed by atoms with Gasteiger partial charge in [-0.2, -0.15) is 0 Å². The molecule has 3 aromatic rings. The standard InChI is InChI=1S/C30H37N3O2S/c1-4-32(21-23-12-6-5-7-13-23)18-11-17-31-29(34)27-24-14-8-9-15-25(24)30(35)33(20-22(2)3)28(27)26-16-10-19-36-26/h5-10,12-16,19,22,27-28H,4,11,17-18,20-21H2,1-3H3,(H,31,34)/t27-,28+/m1/s1. The number of fused-ring (bicyclic) bond motifs is 1. The van der Waals surface area contributed by atoms with Crippen molar-refractivity contribution in [2.24, 2.45) is 5.92 Å². The predicted molar refractivity (Wildman–Crippen MR) is 147 cm³/mol. The molecule has 1 aliphatic heterocycles. The number of hydrogen-bond acceptors (Lipinski definition) is 4. The lowest BCUT2D eigenvalue weighted by molar-refractivity contribution is -0.124. The van der Waals surface area contributed by atoms with E-state index in [-0.39, 0.29) is 17.9 Å². The van der Waals surface area contributed by atoms with Gasteiger partial charge in [-0.3, -0.25) is 14.5 Å². The summed E-state index contributed by atoms with van der Waals surface area (Å²) in [6.45, 7) is 10.4. The molecule has 2 amide bonds. The van der Waals surface area contributed by atoms with Crippen molar-refractivity contribution in [3.63, 3.8) is 0 Å². The maximum atomic E-state index is 13.8. The van der Waals surface area contributed by atoms with Crippen molar-refractivity contribution in [3.05, 3.63) is 93.7 Å². The van der Waals surface area contributed by atoms with Crippen LogP contribution in [-0.4, -0.2) is 47.8 Å². The summed E-state index contributed by atoms with van der Waals surface area (Å²) in [6, 6.07) is 21.9. The molecule has 0 saturated carbocycles. The lowest BCUT2D eigenvalue weighted by atomic mass is 9.81. The number of carbonyl (C=O) groups is 2. The SMILES string of the molecule is CCN(CCCNC(=O)[C@@H]1c2ccccc2C(=O)N(CC(C)C)[C@H]1c1cccs1)Cc1ccccc1. The molecule has 6 heteroatoms. The van der Waals surface area contributed by atoms with E-state index in [4.69, 9.17) is 0 Å². The Hall–Kier alpha value is -2.96. The van der Waals surface area contributed by atoms with Gasteiger partial charge < -0.3 is 10.2 Å². The van der Waals surface area contributed by atoms with Crippen molar-refractivity contribution in [2.75, 3.05) is 26.2 Å². The lowest BCUT2D eigenvalue weighted by Gasteiger charge is -2.42. The van der Waals surface area contributed by atoms with Gasteiger partial charge in [0.25, 0.3) is 5.91 Å². The molecule has 1 N–H and O–H groups in total. The number of benzene rings is 2. The van der Waals surface area contributed by atoms with Crippen LogP contribution >= 0.6 is 11.3 Å². The normalized spacial score (nSPS) is 17.5. The van der Waals surface area contributed by atoms with Crippen molar-refractivity contribution < 1.29 is 9.59 Å². The molecule has 4 rings (SSSR count). The number of rotatable bonds is 11. The molecule has 1 aliphatic rings. The molecule has 2 atom stereocenters. The summed E-state index contributed by atoms with van der Waals surface area (Å²) in [5, 5.41) is 5.24. The fraction of sp³-hybridized carbons (Fsp3) is 0.400. The summed E-state index contributed by atoms with van der Waals surface area (Å²) < 4.78 is 0. The summed E-state index contributed by atoms with van der Waals surface area (Å²) in [6.07, 6.45) is 0.874. The first-order valence-corrected chi connectivity index (χ1v) is 13.8. The Balaban J connectivity index is 1.49. The van der Waals surface area contributed by atoms with Crippen LogP contribution in [-0.2, 0) is 11.3 Å². The molecule has 2 heterocycles. The van der Waals surface area contributed by atoms with Crippen molar-refractivity contribution in [1.29, 1.82) is 0 Å². The Morgan fingerprint density at radius 1 is 1.06 bits per heavy atom. The molecular weight excluding hydrogens is 466 g/mol. The second kappa shape index (κ2) is 12.3. The van der Waals surface area contributed by atoms with E-state index in [0.717, 1.165) is 36.5 Å². The molecule has 1 aromatic heterocycles.